The molecule has 3 heteroatoms. The number of fused-ring (bicyclic) bond motifs is 1. The number of likely N-dealkylation sites (tertiary alicyclic amines) is 1. The second-order valence-electron chi connectivity index (χ2n) is 9.45. The molecule has 1 aliphatic heterocycles. The van der Waals surface area contributed by atoms with E-state index in [9.17, 15) is 5.11 Å². The van der Waals surface area contributed by atoms with Gasteiger partial charge in [0.25, 0.3) is 0 Å². The molecule has 154 valence electrons. The maximum atomic E-state index is 10.2. The number of aromatic hydroxyl groups is 1. The molecule has 29 heavy (non-hydrogen) atoms. The summed E-state index contributed by atoms with van der Waals surface area (Å²) in [6, 6.07) is 13.3. The van der Waals surface area contributed by atoms with Crippen LogP contribution in [0.3, 0.4) is 0 Å². The molecule has 1 saturated carbocycles. The second kappa shape index (κ2) is 7.36. The van der Waals surface area contributed by atoms with E-state index in [1.165, 1.54) is 60.9 Å². The van der Waals surface area contributed by atoms with Gasteiger partial charge in [0.05, 0.1) is 7.11 Å². The smallest absolute Gasteiger partial charge is 0.119 e. The molecular weight excluding hydrogens is 358 g/mol. The molecule has 2 aromatic carbocycles. The molecule has 0 unspecified atom stereocenters. The van der Waals surface area contributed by atoms with Crippen molar-refractivity contribution in [2.24, 2.45) is 5.92 Å². The van der Waals surface area contributed by atoms with Crippen molar-refractivity contribution in [3.05, 3.63) is 58.7 Å². The number of nitrogens with zero attached hydrogens (tertiary/aromatic N) is 1. The van der Waals surface area contributed by atoms with Crippen LogP contribution in [0.5, 0.6) is 11.5 Å². The molecule has 3 atom stereocenters. The number of phenols is 1. The second-order valence-corrected chi connectivity index (χ2v) is 9.45. The maximum absolute atomic E-state index is 10.2. The van der Waals surface area contributed by atoms with Crippen LogP contribution in [-0.2, 0) is 18.3 Å². The number of hydrogen-bond acceptors (Lipinski definition) is 3. The average Bonchev–Trinajstić information content (AvgIpc) is 2.74. The Bertz CT molecular complexity index is 908. The first kappa shape index (κ1) is 19.0. The highest BCUT2D eigenvalue weighted by atomic mass is 16.5. The third-order valence-electron chi connectivity index (χ3n) is 8.15. The first-order chi connectivity index (χ1) is 14.1. The lowest BCUT2D eigenvalue weighted by Gasteiger charge is -2.59. The first-order valence-electron chi connectivity index (χ1n) is 11.3. The number of rotatable bonds is 4. The van der Waals surface area contributed by atoms with Crippen molar-refractivity contribution in [3.8, 4) is 11.5 Å². The molecule has 1 N–H and O–H groups in total. The summed E-state index contributed by atoms with van der Waals surface area (Å²) in [6.45, 7) is 4.52. The zero-order valence-corrected chi connectivity index (χ0v) is 17.8. The average molecular weight is 392 g/mol. The van der Waals surface area contributed by atoms with E-state index in [2.05, 4.69) is 42.2 Å². The summed E-state index contributed by atoms with van der Waals surface area (Å²) in [4.78, 5) is 2.79. The number of aryl methyl sites for hydroxylation is 1. The maximum Gasteiger partial charge on any atom is 0.119 e. The predicted octanol–water partition coefficient (Wildman–Crippen LogP) is 5.01. The summed E-state index contributed by atoms with van der Waals surface area (Å²) in [5, 5.41) is 10.2. The van der Waals surface area contributed by atoms with Crippen LogP contribution in [0.4, 0.5) is 0 Å². The molecule has 0 spiro atoms. The lowest BCUT2D eigenvalue weighted by Crippen LogP contribution is -2.61. The van der Waals surface area contributed by atoms with Gasteiger partial charge in [-0.05, 0) is 98.0 Å². The Kier molecular flexibility index (Phi) is 4.82. The van der Waals surface area contributed by atoms with Crippen molar-refractivity contribution < 1.29 is 9.84 Å². The fourth-order valence-corrected chi connectivity index (χ4v) is 6.69. The van der Waals surface area contributed by atoms with Gasteiger partial charge in [-0.25, -0.2) is 0 Å². The Morgan fingerprint density at radius 3 is 2.86 bits per heavy atom. The van der Waals surface area contributed by atoms with E-state index in [1.54, 1.807) is 7.11 Å². The van der Waals surface area contributed by atoms with E-state index in [1.807, 2.05) is 6.07 Å². The number of hydrogen-bond donors (Lipinski definition) is 1. The fourth-order valence-electron chi connectivity index (χ4n) is 6.69. The van der Waals surface area contributed by atoms with Gasteiger partial charge in [-0.1, -0.05) is 25.0 Å². The van der Waals surface area contributed by atoms with Gasteiger partial charge in [0.1, 0.15) is 11.5 Å². The number of phenolic OH excluding ortho intramolecular Hbond substituents is 1. The van der Waals surface area contributed by atoms with E-state index in [-0.39, 0.29) is 0 Å². The highest BCUT2D eigenvalue weighted by Gasteiger charge is 2.53. The fraction of sp³-hybridized carbons (Fsp3) is 0.538. The Labute approximate surface area is 174 Å². The van der Waals surface area contributed by atoms with Crippen LogP contribution in [-0.4, -0.2) is 36.2 Å². The Balaban J connectivity index is 1.40. The molecule has 2 bridgehead atoms. The van der Waals surface area contributed by atoms with E-state index in [0.717, 1.165) is 31.1 Å². The third-order valence-corrected chi connectivity index (χ3v) is 8.15. The molecule has 5 rings (SSSR count). The molecule has 1 heterocycles. The number of methoxy groups -OCH3 is 1. The van der Waals surface area contributed by atoms with E-state index < -0.39 is 0 Å². The Morgan fingerprint density at radius 1 is 1.14 bits per heavy atom. The van der Waals surface area contributed by atoms with Crippen LogP contribution in [0.25, 0.3) is 0 Å². The zero-order chi connectivity index (χ0) is 20.0. The molecule has 3 aliphatic rings. The molecule has 2 aliphatic carbocycles. The lowest BCUT2D eigenvalue weighted by atomic mass is 9.52. The van der Waals surface area contributed by atoms with Gasteiger partial charge in [-0.2, -0.15) is 0 Å². The third kappa shape index (κ3) is 3.15. The molecule has 3 nitrogen and oxygen atoms in total. The lowest BCUT2D eigenvalue weighted by molar-refractivity contribution is -0.0107. The van der Waals surface area contributed by atoms with Crippen LogP contribution in [0.15, 0.2) is 36.4 Å². The summed E-state index contributed by atoms with van der Waals surface area (Å²) in [5.41, 5.74) is 6.03. The number of piperidine rings is 1. The number of benzene rings is 2. The quantitative estimate of drug-likeness (QED) is 0.795. The standard InChI is InChI=1S/C26H33NO2/c1-18-15-22(29-2)9-7-19(18)10-13-27-14-12-26-11-4-3-5-23(26)25(27)16-20-6-8-21(28)17-24(20)26/h6-9,15,17,23,25,28H,3-5,10-14,16H2,1-2H3/t23-,25-,26+/m0/s1. The van der Waals surface area contributed by atoms with Crippen molar-refractivity contribution in [2.75, 3.05) is 20.2 Å². The summed E-state index contributed by atoms with van der Waals surface area (Å²) in [6.07, 6.45) is 8.84. The van der Waals surface area contributed by atoms with Crippen molar-refractivity contribution >= 4 is 0 Å². The minimum Gasteiger partial charge on any atom is -0.508 e. The molecule has 2 fully saturated rings. The molecule has 0 amide bonds. The van der Waals surface area contributed by atoms with Crippen LogP contribution >= 0.6 is 0 Å². The highest BCUT2D eigenvalue weighted by molar-refractivity contribution is 5.45. The van der Waals surface area contributed by atoms with Gasteiger partial charge < -0.3 is 9.84 Å². The summed E-state index contributed by atoms with van der Waals surface area (Å²) < 4.78 is 5.37. The Morgan fingerprint density at radius 2 is 2.03 bits per heavy atom. The van der Waals surface area contributed by atoms with Crippen molar-refractivity contribution in [2.45, 2.75) is 63.3 Å². The normalized spacial score (nSPS) is 28.5. The van der Waals surface area contributed by atoms with Crippen LogP contribution < -0.4 is 4.74 Å². The zero-order valence-electron chi connectivity index (χ0n) is 17.8. The molecule has 1 saturated heterocycles. The predicted molar refractivity (Wildman–Crippen MR) is 117 cm³/mol. The van der Waals surface area contributed by atoms with E-state index >= 15 is 0 Å². The summed E-state index contributed by atoms with van der Waals surface area (Å²) in [5.74, 6) is 2.14. The molecular formula is C26H33NO2. The van der Waals surface area contributed by atoms with Gasteiger partial charge in [-0.15, -0.1) is 0 Å². The van der Waals surface area contributed by atoms with Crippen LogP contribution in [0, 0.1) is 12.8 Å². The molecule has 0 aromatic heterocycles. The van der Waals surface area contributed by atoms with Crippen LogP contribution in [0.1, 0.15) is 54.4 Å². The summed E-state index contributed by atoms with van der Waals surface area (Å²) in [7, 11) is 1.74. The van der Waals surface area contributed by atoms with E-state index in [0.29, 0.717) is 17.2 Å². The first-order valence-corrected chi connectivity index (χ1v) is 11.3. The monoisotopic (exact) mass is 391 g/mol. The topological polar surface area (TPSA) is 32.7 Å². The van der Waals surface area contributed by atoms with E-state index in [4.69, 9.17) is 4.74 Å². The summed E-state index contributed by atoms with van der Waals surface area (Å²) >= 11 is 0. The van der Waals surface area contributed by atoms with Crippen LogP contribution in [0.2, 0.25) is 0 Å². The van der Waals surface area contributed by atoms with Crippen molar-refractivity contribution in [1.82, 2.24) is 4.90 Å². The SMILES string of the molecule is COc1ccc(CCN2CC[C@]34CCCC[C@H]3[C@@H]2Cc2ccc(O)cc24)c(C)c1. The van der Waals surface area contributed by atoms with Gasteiger partial charge in [0.2, 0.25) is 0 Å². The Hall–Kier alpha value is -2.00. The minimum atomic E-state index is 0.307. The molecule has 0 radical (unpaired) electrons. The largest absolute Gasteiger partial charge is 0.508 e. The highest BCUT2D eigenvalue weighted by Crippen LogP contribution is 2.56. The van der Waals surface area contributed by atoms with Crippen molar-refractivity contribution in [3.63, 3.8) is 0 Å². The van der Waals surface area contributed by atoms with Gasteiger partial charge >= 0.3 is 0 Å². The van der Waals surface area contributed by atoms with Crippen molar-refractivity contribution in [1.29, 1.82) is 0 Å². The van der Waals surface area contributed by atoms with Gasteiger partial charge in [-0.3, -0.25) is 4.90 Å². The minimum absolute atomic E-state index is 0.307. The van der Waals surface area contributed by atoms with Gasteiger partial charge in [0, 0.05) is 18.0 Å². The number of ether oxygens (including phenoxy) is 1. The van der Waals surface area contributed by atoms with Gasteiger partial charge in [0.15, 0.2) is 0 Å². The molecule has 2 aromatic rings.